The van der Waals surface area contributed by atoms with E-state index in [0.717, 1.165) is 88.5 Å². The van der Waals surface area contributed by atoms with Crippen molar-refractivity contribution in [2.75, 3.05) is 33.0 Å². The predicted molar refractivity (Wildman–Crippen MR) is 215 cm³/mol. The molecule has 3 aromatic heterocycles. The molecule has 0 spiro atoms. The first kappa shape index (κ1) is 38.7. The summed E-state index contributed by atoms with van der Waals surface area (Å²) < 4.78 is 20.1. The summed E-state index contributed by atoms with van der Waals surface area (Å²) in [4.78, 5) is 66.5. The molecule has 58 heavy (non-hydrogen) atoms. The second-order valence-corrected chi connectivity index (χ2v) is 15.1. The van der Waals surface area contributed by atoms with E-state index in [2.05, 4.69) is 33.1 Å². The van der Waals surface area contributed by atoms with Crippen molar-refractivity contribution in [3.8, 4) is 34.1 Å². The van der Waals surface area contributed by atoms with E-state index < -0.39 is 11.9 Å². The molecule has 2 aromatic carbocycles. The van der Waals surface area contributed by atoms with Crippen LogP contribution in [0.15, 0.2) is 67.0 Å². The minimum Gasteiger partial charge on any atom is -0.493 e. The normalized spacial score (nSPS) is 17.1. The maximum atomic E-state index is 12.4. The topological polar surface area (TPSA) is 158 Å². The number of nitrogens with one attached hydrogen (secondary N) is 1. The predicted octanol–water partition coefficient (Wildman–Crippen LogP) is 5.34. The quantitative estimate of drug-likeness (QED) is 0.0940. The molecular formula is C44H47N7O7. The molecule has 0 aliphatic carbocycles. The molecule has 1 unspecified atom stereocenters. The second kappa shape index (κ2) is 17.1. The summed E-state index contributed by atoms with van der Waals surface area (Å²) in [6.07, 6.45) is 7.24. The van der Waals surface area contributed by atoms with E-state index in [-0.39, 0.29) is 31.2 Å². The minimum atomic E-state index is -0.712. The van der Waals surface area contributed by atoms with Crippen molar-refractivity contribution in [2.24, 2.45) is 0 Å². The maximum Gasteiger partial charge on any atom is 0.249 e. The Labute approximate surface area is 336 Å². The number of benzene rings is 2. The van der Waals surface area contributed by atoms with Gasteiger partial charge in [0.2, 0.25) is 30.0 Å². The number of amides is 4. The first-order chi connectivity index (χ1) is 28.3. The summed E-state index contributed by atoms with van der Waals surface area (Å²) in [7, 11) is 0. The number of aromatic nitrogens is 4. The second-order valence-electron chi connectivity index (χ2n) is 15.1. The molecule has 8 rings (SSSR count). The van der Waals surface area contributed by atoms with Crippen molar-refractivity contribution >= 4 is 34.9 Å². The van der Waals surface area contributed by atoms with Gasteiger partial charge in [0.1, 0.15) is 17.6 Å². The number of fused-ring (bicyclic) bond motifs is 2. The van der Waals surface area contributed by atoms with Gasteiger partial charge in [-0.25, -0.2) is 9.97 Å². The highest BCUT2D eigenvalue weighted by Crippen LogP contribution is 2.38. The van der Waals surface area contributed by atoms with Gasteiger partial charge in [-0.05, 0) is 55.3 Å². The van der Waals surface area contributed by atoms with Crippen LogP contribution >= 0.6 is 0 Å². The van der Waals surface area contributed by atoms with Gasteiger partial charge in [0.15, 0.2) is 0 Å². The third-order valence-electron chi connectivity index (χ3n) is 11.4. The first-order valence-electron chi connectivity index (χ1n) is 19.9. The number of pyridine rings is 2. The van der Waals surface area contributed by atoms with Gasteiger partial charge in [0.25, 0.3) is 0 Å². The van der Waals surface area contributed by atoms with E-state index in [0.29, 0.717) is 56.7 Å². The van der Waals surface area contributed by atoms with E-state index in [4.69, 9.17) is 24.2 Å². The lowest BCUT2D eigenvalue weighted by Crippen LogP contribution is -2.51. The average molecular weight is 786 g/mol. The van der Waals surface area contributed by atoms with Crippen molar-refractivity contribution < 1.29 is 33.4 Å². The van der Waals surface area contributed by atoms with Crippen molar-refractivity contribution in [1.82, 2.24) is 34.6 Å². The molecule has 14 heteroatoms. The van der Waals surface area contributed by atoms with Crippen LogP contribution in [0.4, 0.5) is 0 Å². The Morgan fingerprint density at radius 3 is 2.60 bits per heavy atom. The zero-order valence-electron chi connectivity index (χ0n) is 32.8. The van der Waals surface area contributed by atoms with E-state index in [9.17, 15) is 19.2 Å². The largest absolute Gasteiger partial charge is 0.493 e. The molecule has 2 saturated heterocycles. The van der Waals surface area contributed by atoms with Gasteiger partial charge in [-0.2, -0.15) is 0 Å². The van der Waals surface area contributed by atoms with Gasteiger partial charge in [0.05, 0.1) is 43.4 Å². The summed E-state index contributed by atoms with van der Waals surface area (Å²) in [6, 6.07) is 17.0. The SMILES string of the molecule is CC(=O)N1CCn2c(C3CCOCC3)nc(-c3cccc4cc(-c5ccc(OCCCOc6cccc(C)c6CN(C=O)C6CCC(=O)NC6=O)nc5)ncc34)c2C1. The zero-order chi connectivity index (χ0) is 40.2. The Morgan fingerprint density at radius 2 is 1.83 bits per heavy atom. The molecule has 6 heterocycles. The van der Waals surface area contributed by atoms with Gasteiger partial charge in [-0.1, -0.05) is 30.3 Å². The molecule has 2 fully saturated rings. The highest BCUT2D eigenvalue weighted by atomic mass is 16.5. The first-order valence-corrected chi connectivity index (χ1v) is 19.9. The molecule has 300 valence electrons. The standard InChI is InChI=1S/C44H47N7O7/c1-28-6-3-9-39(35(28)25-50(27-52)37-11-12-40(54)47-44(37)55)57-18-5-19-58-41-13-10-32(23-46-41)36-22-31-7-4-8-33(34(31)24-45-36)42-38-26-49(29(2)53)16-17-51(38)43(48-42)30-14-20-56-21-15-30/h3-4,6-10,13,22-24,27,30,37H,5,11-12,14-21,25-26H2,1-2H3,(H,47,54,55). The van der Waals surface area contributed by atoms with Crippen LogP contribution in [0.5, 0.6) is 11.6 Å². The number of imidazole rings is 1. The molecular weight excluding hydrogens is 739 g/mol. The highest BCUT2D eigenvalue weighted by molar-refractivity contribution is 6.01. The van der Waals surface area contributed by atoms with Crippen molar-refractivity contribution in [1.29, 1.82) is 0 Å². The van der Waals surface area contributed by atoms with Crippen LogP contribution in [0, 0.1) is 6.92 Å². The van der Waals surface area contributed by atoms with Crippen molar-refractivity contribution in [2.45, 2.75) is 77.5 Å². The lowest BCUT2D eigenvalue weighted by atomic mass is 9.99. The Hall–Kier alpha value is -6.15. The average Bonchev–Trinajstić information content (AvgIpc) is 3.62. The Bertz CT molecular complexity index is 2340. The van der Waals surface area contributed by atoms with Crippen molar-refractivity contribution in [3.05, 3.63) is 89.6 Å². The minimum absolute atomic E-state index is 0.0667. The number of hydrogen-bond acceptors (Lipinski definition) is 10. The molecule has 1 N–H and O–H groups in total. The number of imide groups is 1. The van der Waals surface area contributed by atoms with Crippen LogP contribution in [-0.4, -0.2) is 92.5 Å². The summed E-state index contributed by atoms with van der Waals surface area (Å²) in [5.41, 5.74) is 6.36. The Balaban J connectivity index is 0.908. The molecule has 5 aromatic rings. The molecule has 4 amide bonds. The smallest absolute Gasteiger partial charge is 0.249 e. The maximum absolute atomic E-state index is 12.4. The highest BCUT2D eigenvalue weighted by Gasteiger charge is 2.33. The van der Waals surface area contributed by atoms with E-state index in [1.165, 1.54) is 4.90 Å². The number of rotatable bonds is 13. The molecule has 1 atom stereocenters. The summed E-state index contributed by atoms with van der Waals surface area (Å²) in [5.74, 6) is 1.80. The van der Waals surface area contributed by atoms with Gasteiger partial charge < -0.3 is 28.6 Å². The molecule has 0 radical (unpaired) electrons. The van der Waals surface area contributed by atoms with Gasteiger partial charge >= 0.3 is 0 Å². The summed E-state index contributed by atoms with van der Waals surface area (Å²) >= 11 is 0. The Morgan fingerprint density at radius 1 is 1.00 bits per heavy atom. The summed E-state index contributed by atoms with van der Waals surface area (Å²) in [6.45, 7) is 7.88. The van der Waals surface area contributed by atoms with Gasteiger partial charge in [0, 0.05) is 92.5 Å². The number of carbonyl (C=O) groups is 4. The molecule has 14 nitrogen and oxygen atoms in total. The lowest BCUT2D eigenvalue weighted by molar-refractivity contribution is -0.141. The fourth-order valence-corrected chi connectivity index (χ4v) is 8.13. The van der Waals surface area contributed by atoms with Crippen LogP contribution in [0.3, 0.4) is 0 Å². The fourth-order valence-electron chi connectivity index (χ4n) is 8.13. The molecule has 3 aliphatic heterocycles. The number of hydrogen-bond donors (Lipinski definition) is 1. The van der Waals surface area contributed by atoms with Crippen LogP contribution in [0.1, 0.15) is 67.6 Å². The number of ether oxygens (including phenoxy) is 3. The van der Waals surface area contributed by atoms with Gasteiger partial charge in [-0.15, -0.1) is 0 Å². The van der Waals surface area contributed by atoms with Crippen LogP contribution in [0.2, 0.25) is 0 Å². The number of carbonyl (C=O) groups excluding carboxylic acids is 4. The van der Waals surface area contributed by atoms with Crippen molar-refractivity contribution in [3.63, 3.8) is 0 Å². The number of aryl methyl sites for hydroxylation is 1. The monoisotopic (exact) mass is 785 g/mol. The molecule has 0 bridgehead atoms. The zero-order valence-corrected chi connectivity index (χ0v) is 32.8. The van der Waals surface area contributed by atoms with Crippen LogP contribution < -0.4 is 14.8 Å². The third-order valence-corrected chi connectivity index (χ3v) is 11.4. The van der Waals surface area contributed by atoms with E-state index in [1.54, 1.807) is 13.1 Å². The third kappa shape index (κ3) is 8.15. The van der Waals surface area contributed by atoms with Crippen LogP contribution in [-0.2, 0) is 43.5 Å². The Kier molecular flexibility index (Phi) is 11.4. The summed E-state index contributed by atoms with van der Waals surface area (Å²) in [5, 5.41) is 4.34. The fraction of sp³-hybridized carbons (Fsp3) is 0.386. The lowest BCUT2D eigenvalue weighted by Gasteiger charge is -2.30. The van der Waals surface area contributed by atoms with E-state index in [1.807, 2.05) is 54.4 Å². The molecule has 3 aliphatic rings. The number of nitrogens with zero attached hydrogens (tertiary/aromatic N) is 6. The van der Waals surface area contributed by atoms with Crippen LogP contribution in [0.25, 0.3) is 33.3 Å². The number of piperidine rings is 1. The van der Waals surface area contributed by atoms with Gasteiger partial charge in [-0.3, -0.25) is 29.5 Å². The molecule has 0 saturated carbocycles. The van der Waals surface area contributed by atoms with E-state index >= 15 is 0 Å².